The van der Waals surface area contributed by atoms with Gasteiger partial charge in [-0.15, -0.1) is 0 Å². The molecule has 0 radical (unpaired) electrons. The van der Waals surface area contributed by atoms with Gasteiger partial charge in [-0.25, -0.2) is 9.97 Å². The summed E-state index contributed by atoms with van der Waals surface area (Å²) < 4.78 is 0. The van der Waals surface area contributed by atoms with Crippen molar-refractivity contribution in [3.63, 3.8) is 0 Å². The smallest absolute Gasteiger partial charge is 0.202 e. The quantitative estimate of drug-likeness (QED) is 0.645. The van der Waals surface area contributed by atoms with Crippen LogP contribution in [0.5, 0.6) is 0 Å². The fourth-order valence-corrected chi connectivity index (χ4v) is 1.88. The van der Waals surface area contributed by atoms with Gasteiger partial charge in [-0.2, -0.15) is 5.10 Å². The van der Waals surface area contributed by atoms with Gasteiger partial charge in [-0.05, 0) is 12.1 Å². The van der Waals surface area contributed by atoms with Crippen LogP contribution in [0.25, 0.3) is 22.2 Å². The Balaban J connectivity index is 2.57. The summed E-state index contributed by atoms with van der Waals surface area (Å²) in [6.07, 6.45) is 0. The summed E-state index contributed by atoms with van der Waals surface area (Å²) in [5.41, 5.74) is 7.63. The van der Waals surface area contributed by atoms with Crippen molar-refractivity contribution in [2.75, 3.05) is 5.73 Å². The molecule has 3 rings (SSSR count). The molecule has 16 heavy (non-hydrogen) atoms. The summed E-state index contributed by atoms with van der Waals surface area (Å²) in [6.45, 7) is 0. The van der Waals surface area contributed by atoms with Crippen molar-refractivity contribution < 1.29 is 0 Å². The van der Waals surface area contributed by atoms with E-state index in [1.807, 2.05) is 0 Å². The average Bonchev–Trinajstić information content (AvgIpc) is 2.64. The Bertz CT molecular complexity index is 706. The van der Waals surface area contributed by atoms with Gasteiger partial charge in [0.1, 0.15) is 16.9 Å². The monoisotopic (exact) mass is 253 g/mol. The number of hydrogen-bond donors (Lipinski definition) is 2. The van der Waals surface area contributed by atoms with Gasteiger partial charge >= 0.3 is 0 Å². The minimum Gasteiger partial charge on any atom is -0.382 e. The number of nitrogen functional groups attached to an aromatic ring is 1. The second-order valence-electron chi connectivity index (χ2n) is 3.26. The van der Waals surface area contributed by atoms with Crippen LogP contribution in [0, 0.1) is 0 Å². The van der Waals surface area contributed by atoms with Crippen LogP contribution in [0.15, 0.2) is 12.1 Å². The van der Waals surface area contributed by atoms with Crippen LogP contribution in [0.1, 0.15) is 0 Å². The highest BCUT2D eigenvalue weighted by atomic mass is 35.5. The first-order chi connectivity index (χ1) is 7.66. The zero-order chi connectivity index (χ0) is 11.3. The Morgan fingerprint density at radius 2 is 1.62 bits per heavy atom. The predicted molar refractivity (Wildman–Crippen MR) is 63.6 cm³/mol. The number of rotatable bonds is 0. The Morgan fingerprint density at radius 3 is 2.31 bits per heavy atom. The summed E-state index contributed by atoms with van der Waals surface area (Å²) in [4.78, 5) is 8.56. The minimum absolute atomic E-state index is 0.362. The van der Waals surface area contributed by atoms with Gasteiger partial charge in [0, 0.05) is 0 Å². The van der Waals surface area contributed by atoms with Gasteiger partial charge in [-0.1, -0.05) is 23.2 Å². The first-order valence-corrected chi connectivity index (χ1v) is 5.17. The van der Waals surface area contributed by atoms with Crippen LogP contribution >= 0.6 is 23.2 Å². The molecule has 0 aliphatic heterocycles. The van der Waals surface area contributed by atoms with Gasteiger partial charge in [0.2, 0.25) is 5.65 Å². The molecule has 2 aromatic heterocycles. The van der Waals surface area contributed by atoms with Gasteiger partial charge < -0.3 is 5.73 Å². The lowest BCUT2D eigenvalue weighted by molar-refractivity contribution is 1.11. The molecule has 0 saturated heterocycles. The number of fused-ring (bicyclic) bond motifs is 2. The fraction of sp³-hybridized carbons (Fsp3) is 0. The Kier molecular flexibility index (Phi) is 1.92. The van der Waals surface area contributed by atoms with E-state index in [-0.39, 0.29) is 0 Å². The molecule has 0 aliphatic carbocycles. The van der Waals surface area contributed by atoms with E-state index in [2.05, 4.69) is 20.2 Å². The molecule has 0 spiro atoms. The number of aromatic amines is 1. The zero-order valence-corrected chi connectivity index (χ0v) is 9.34. The van der Waals surface area contributed by atoms with Gasteiger partial charge in [0.25, 0.3) is 0 Å². The molecular weight excluding hydrogens is 249 g/mol. The molecule has 0 atom stereocenters. The highest BCUT2D eigenvalue weighted by molar-refractivity contribution is 6.39. The number of H-pyrrole nitrogens is 1. The van der Waals surface area contributed by atoms with Crippen molar-refractivity contribution in [3.05, 3.63) is 22.2 Å². The van der Waals surface area contributed by atoms with E-state index in [0.29, 0.717) is 38.1 Å². The summed E-state index contributed by atoms with van der Waals surface area (Å²) in [7, 11) is 0. The maximum Gasteiger partial charge on any atom is 0.202 e. The molecule has 0 bridgehead atoms. The van der Waals surface area contributed by atoms with E-state index in [9.17, 15) is 0 Å². The number of aromatic nitrogens is 4. The van der Waals surface area contributed by atoms with Crippen LogP contribution in [0.3, 0.4) is 0 Å². The zero-order valence-electron chi connectivity index (χ0n) is 7.83. The fourth-order valence-electron chi connectivity index (χ4n) is 1.49. The Morgan fingerprint density at radius 1 is 1.00 bits per heavy atom. The largest absolute Gasteiger partial charge is 0.382 e. The molecule has 7 heteroatoms. The third-order valence-electron chi connectivity index (χ3n) is 2.24. The van der Waals surface area contributed by atoms with E-state index < -0.39 is 0 Å². The Labute approximate surface area is 99.6 Å². The van der Waals surface area contributed by atoms with E-state index in [1.165, 1.54) is 0 Å². The van der Waals surface area contributed by atoms with Gasteiger partial charge in [0.05, 0.1) is 10.0 Å². The number of nitrogens with two attached hydrogens (primary N) is 1. The molecule has 0 amide bonds. The van der Waals surface area contributed by atoms with Crippen molar-refractivity contribution in [1.29, 1.82) is 0 Å². The maximum atomic E-state index is 6.02. The second kappa shape index (κ2) is 3.20. The predicted octanol–water partition coefficient (Wildman–Crippen LogP) is 2.40. The topological polar surface area (TPSA) is 80.5 Å². The average molecular weight is 254 g/mol. The van der Waals surface area contributed by atoms with Gasteiger partial charge in [0.15, 0.2) is 5.52 Å². The standard InChI is InChI=1S/C9H5Cl2N5/c10-3-1-2-4(11)6-5(3)13-7-8(12)15-16-9(7)14-6/h1-2H,(H3,12,14,15,16). The summed E-state index contributed by atoms with van der Waals surface area (Å²) >= 11 is 12.0. The minimum atomic E-state index is 0.362. The molecular formula is C9H5Cl2N5. The van der Waals surface area contributed by atoms with Crippen molar-refractivity contribution in [3.8, 4) is 0 Å². The van der Waals surface area contributed by atoms with Crippen LogP contribution in [-0.2, 0) is 0 Å². The molecule has 3 aromatic rings. The third-order valence-corrected chi connectivity index (χ3v) is 2.85. The van der Waals surface area contributed by atoms with Crippen molar-refractivity contribution in [2.24, 2.45) is 0 Å². The van der Waals surface area contributed by atoms with Gasteiger partial charge in [-0.3, -0.25) is 5.10 Å². The number of hydrogen-bond acceptors (Lipinski definition) is 4. The number of nitrogens with one attached hydrogen (secondary N) is 1. The molecule has 0 fully saturated rings. The molecule has 0 unspecified atom stereocenters. The lowest BCUT2D eigenvalue weighted by Crippen LogP contribution is -1.90. The summed E-state index contributed by atoms with van der Waals surface area (Å²) in [5.74, 6) is 0.362. The van der Waals surface area contributed by atoms with Crippen LogP contribution < -0.4 is 5.73 Å². The second-order valence-corrected chi connectivity index (χ2v) is 4.07. The van der Waals surface area contributed by atoms with Crippen LogP contribution in [0.4, 0.5) is 5.82 Å². The molecule has 80 valence electrons. The first kappa shape index (κ1) is 9.62. The molecule has 1 aromatic carbocycles. The molecule has 0 saturated carbocycles. The van der Waals surface area contributed by atoms with E-state index >= 15 is 0 Å². The first-order valence-electron chi connectivity index (χ1n) is 4.42. The molecule has 2 heterocycles. The lowest BCUT2D eigenvalue weighted by atomic mass is 10.3. The highest BCUT2D eigenvalue weighted by Gasteiger charge is 2.11. The summed E-state index contributed by atoms with van der Waals surface area (Å²) in [5, 5.41) is 7.48. The number of nitrogens with zero attached hydrogens (tertiary/aromatic N) is 3. The summed E-state index contributed by atoms with van der Waals surface area (Å²) in [6, 6.07) is 3.34. The third kappa shape index (κ3) is 1.22. The van der Waals surface area contributed by atoms with Crippen molar-refractivity contribution >= 4 is 51.2 Å². The molecule has 5 nitrogen and oxygen atoms in total. The molecule has 3 N–H and O–H groups in total. The van der Waals surface area contributed by atoms with E-state index in [0.717, 1.165) is 0 Å². The number of halogens is 2. The number of benzene rings is 1. The Hall–Kier alpha value is -1.59. The lowest BCUT2D eigenvalue weighted by Gasteiger charge is -2.00. The SMILES string of the molecule is Nc1[nH]nc2nc3c(Cl)ccc(Cl)c3nc12. The normalized spacial score (nSPS) is 11.4. The van der Waals surface area contributed by atoms with Crippen LogP contribution in [0.2, 0.25) is 10.0 Å². The number of anilines is 1. The van der Waals surface area contributed by atoms with E-state index in [4.69, 9.17) is 28.9 Å². The van der Waals surface area contributed by atoms with Crippen LogP contribution in [-0.4, -0.2) is 20.2 Å². The van der Waals surface area contributed by atoms with Crippen molar-refractivity contribution in [1.82, 2.24) is 20.2 Å². The maximum absolute atomic E-state index is 6.02. The molecule has 0 aliphatic rings. The highest BCUT2D eigenvalue weighted by Crippen LogP contribution is 2.29. The van der Waals surface area contributed by atoms with Crippen molar-refractivity contribution in [2.45, 2.75) is 0 Å². The van der Waals surface area contributed by atoms with E-state index in [1.54, 1.807) is 12.1 Å².